The summed E-state index contributed by atoms with van der Waals surface area (Å²) in [6.07, 6.45) is 10.2. The molecule has 3 aromatic rings. The van der Waals surface area contributed by atoms with Gasteiger partial charge in [0.05, 0.1) is 0 Å². The highest BCUT2D eigenvalue weighted by Gasteiger charge is 1.86. The predicted molar refractivity (Wildman–Crippen MR) is 108 cm³/mol. The maximum atomic E-state index is 4.17. The zero-order chi connectivity index (χ0) is 18.2. The third kappa shape index (κ3) is 10.8. The molecule has 0 aliphatic carbocycles. The van der Waals surface area contributed by atoms with Gasteiger partial charge in [-0.2, -0.15) is 0 Å². The van der Waals surface area contributed by atoms with E-state index in [2.05, 4.69) is 60.2 Å². The van der Waals surface area contributed by atoms with Crippen LogP contribution in [0, 0.1) is 6.92 Å². The number of hydrogen-bond donors (Lipinski definition) is 0. The van der Waals surface area contributed by atoms with Crippen LogP contribution in [0.1, 0.15) is 43.5 Å². The monoisotopic (exact) mass is 334 g/mol. The molecule has 1 aromatic carbocycles. The number of pyridine rings is 2. The van der Waals surface area contributed by atoms with Crippen molar-refractivity contribution >= 4 is 0 Å². The maximum absolute atomic E-state index is 4.17. The molecule has 0 aliphatic heterocycles. The molecule has 0 spiro atoms. The van der Waals surface area contributed by atoms with E-state index in [1.54, 1.807) is 6.20 Å². The van der Waals surface area contributed by atoms with Gasteiger partial charge in [-0.1, -0.05) is 69.2 Å². The predicted octanol–water partition coefficient (Wildman–Crippen LogP) is 6.06. The Morgan fingerprint density at radius 1 is 0.720 bits per heavy atom. The first-order valence-electron chi connectivity index (χ1n) is 9.06. The Bertz CT molecular complexity index is 595. The van der Waals surface area contributed by atoms with Gasteiger partial charge in [-0.3, -0.25) is 9.97 Å². The van der Waals surface area contributed by atoms with Crippen LogP contribution in [0.3, 0.4) is 0 Å². The van der Waals surface area contributed by atoms with Gasteiger partial charge < -0.3 is 0 Å². The molecule has 0 saturated carbocycles. The number of benzene rings is 1. The lowest BCUT2D eigenvalue weighted by atomic mass is 10.1. The van der Waals surface area contributed by atoms with Gasteiger partial charge in [0.1, 0.15) is 0 Å². The summed E-state index contributed by atoms with van der Waals surface area (Å²) in [5.41, 5.74) is 3.85. The second kappa shape index (κ2) is 13.9. The minimum Gasteiger partial charge on any atom is -0.264 e. The van der Waals surface area contributed by atoms with Gasteiger partial charge in [0.2, 0.25) is 0 Å². The Morgan fingerprint density at radius 3 is 1.92 bits per heavy atom. The van der Waals surface area contributed by atoms with Crippen LogP contribution in [-0.2, 0) is 12.8 Å². The minimum atomic E-state index is 1.10. The van der Waals surface area contributed by atoms with Crippen molar-refractivity contribution in [2.45, 2.75) is 46.5 Å². The molecule has 0 radical (unpaired) electrons. The Morgan fingerprint density at radius 2 is 1.44 bits per heavy atom. The van der Waals surface area contributed by atoms with Crippen LogP contribution in [0.4, 0.5) is 0 Å². The molecule has 0 bridgehead atoms. The topological polar surface area (TPSA) is 25.8 Å². The number of aromatic nitrogens is 2. The van der Waals surface area contributed by atoms with Crippen molar-refractivity contribution in [2.24, 2.45) is 0 Å². The van der Waals surface area contributed by atoms with E-state index in [-0.39, 0.29) is 0 Å². The molecule has 0 atom stereocenters. The summed E-state index contributed by atoms with van der Waals surface area (Å²) in [5, 5.41) is 0. The van der Waals surface area contributed by atoms with E-state index in [1.807, 2.05) is 43.6 Å². The average Bonchev–Trinajstić information content (AvgIpc) is 2.66. The van der Waals surface area contributed by atoms with Crippen molar-refractivity contribution < 1.29 is 0 Å². The summed E-state index contributed by atoms with van der Waals surface area (Å²) in [7, 11) is 0. The van der Waals surface area contributed by atoms with E-state index in [0.29, 0.717) is 0 Å². The Balaban J connectivity index is 0.000000189. The highest BCUT2D eigenvalue weighted by molar-refractivity contribution is 5.14. The van der Waals surface area contributed by atoms with Gasteiger partial charge in [-0.15, -0.1) is 0 Å². The SMILES string of the molecule is CCCc1ccccc1.CCCc1ccccn1.Cc1cccnc1. The highest BCUT2D eigenvalue weighted by Crippen LogP contribution is 2.00. The van der Waals surface area contributed by atoms with Gasteiger partial charge in [-0.25, -0.2) is 0 Å². The van der Waals surface area contributed by atoms with E-state index >= 15 is 0 Å². The molecule has 2 heterocycles. The van der Waals surface area contributed by atoms with Crippen LogP contribution in [0.15, 0.2) is 79.3 Å². The average molecular weight is 335 g/mol. The summed E-state index contributed by atoms with van der Waals surface area (Å²) in [5.74, 6) is 0. The van der Waals surface area contributed by atoms with Crippen LogP contribution < -0.4 is 0 Å². The van der Waals surface area contributed by atoms with E-state index in [9.17, 15) is 0 Å². The Hall–Kier alpha value is -2.48. The minimum absolute atomic E-state index is 1.10. The van der Waals surface area contributed by atoms with Crippen molar-refractivity contribution in [1.29, 1.82) is 0 Å². The fourth-order valence-corrected chi connectivity index (χ4v) is 2.18. The van der Waals surface area contributed by atoms with Crippen molar-refractivity contribution in [2.75, 3.05) is 0 Å². The Labute approximate surface area is 153 Å². The number of rotatable bonds is 4. The quantitative estimate of drug-likeness (QED) is 0.579. The number of hydrogen-bond acceptors (Lipinski definition) is 2. The molecule has 2 nitrogen and oxygen atoms in total. The first-order valence-corrected chi connectivity index (χ1v) is 9.06. The van der Waals surface area contributed by atoms with Crippen LogP contribution in [0.2, 0.25) is 0 Å². The lowest BCUT2D eigenvalue weighted by Gasteiger charge is -1.93. The van der Waals surface area contributed by atoms with Crippen molar-refractivity contribution in [3.05, 3.63) is 96.1 Å². The van der Waals surface area contributed by atoms with E-state index < -0.39 is 0 Å². The zero-order valence-electron chi connectivity index (χ0n) is 15.7. The summed E-state index contributed by atoms with van der Waals surface area (Å²) in [6, 6.07) is 20.5. The molecule has 25 heavy (non-hydrogen) atoms. The third-order valence-corrected chi connectivity index (χ3v) is 3.42. The van der Waals surface area contributed by atoms with Crippen molar-refractivity contribution in [3.63, 3.8) is 0 Å². The third-order valence-electron chi connectivity index (χ3n) is 3.42. The molecule has 0 amide bonds. The van der Waals surface area contributed by atoms with Crippen LogP contribution in [-0.4, -0.2) is 9.97 Å². The molecule has 0 saturated heterocycles. The van der Waals surface area contributed by atoms with E-state index in [1.165, 1.54) is 36.1 Å². The lowest BCUT2D eigenvalue weighted by molar-refractivity contribution is 0.883. The first-order chi connectivity index (χ1) is 12.3. The Kier molecular flexibility index (Phi) is 11.4. The summed E-state index contributed by atoms with van der Waals surface area (Å²) in [4.78, 5) is 8.05. The highest BCUT2D eigenvalue weighted by atomic mass is 14.7. The molecule has 0 aliphatic rings. The smallest absolute Gasteiger partial charge is 0.0403 e. The van der Waals surface area contributed by atoms with Gasteiger partial charge in [0.15, 0.2) is 0 Å². The molecule has 0 N–H and O–H groups in total. The summed E-state index contributed by atoms with van der Waals surface area (Å²) in [6.45, 7) is 6.38. The fraction of sp³-hybridized carbons (Fsp3) is 0.304. The van der Waals surface area contributed by atoms with Crippen LogP contribution in [0.5, 0.6) is 0 Å². The summed E-state index contributed by atoms with van der Waals surface area (Å²) < 4.78 is 0. The normalized spacial score (nSPS) is 9.24. The molecule has 0 unspecified atom stereocenters. The molecular formula is C23H30N2. The molecule has 2 heteroatoms. The molecule has 0 fully saturated rings. The van der Waals surface area contributed by atoms with E-state index in [4.69, 9.17) is 0 Å². The number of aryl methyl sites for hydroxylation is 3. The van der Waals surface area contributed by atoms with Gasteiger partial charge in [-0.05, 0) is 49.1 Å². The van der Waals surface area contributed by atoms with Crippen LogP contribution in [0.25, 0.3) is 0 Å². The van der Waals surface area contributed by atoms with Gasteiger partial charge in [0, 0.05) is 24.3 Å². The molecule has 132 valence electrons. The van der Waals surface area contributed by atoms with Crippen molar-refractivity contribution in [1.82, 2.24) is 9.97 Å². The molecule has 2 aromatic heterocycles. The van der Waals surface area contributed by atoms with Gasteiger partial charge >= 0.3 is 0 Å². The zero-order valence-corrected chi connectivity index (χ0v) is 15.7. The van der Waals surface area contributed by atoms with Crippen LogP contribution >= 0.6 is 0 Å². The fourth-order valence-electron chi connectivity index (χ4n) is 2.18. The standard InChI is InChI=1S/C9H12.C8H11N.C6H7N/c1-2-6-9-7-4-3-5-8-9;1-2-5-8-6-3-4-7-9-8;1-6-3-2-4-7-5-6/h3-5,7-8H,2,6H2,1H3;3-4,6-7H,2,5H2,1H3;2-5H,1H3. The maximum Gasteiger partial charge on any atom is 0.0403 e. The molecular weight excluding hydrogens is 304 g/mol. The van der Waals surface area contributed by atoms with Crippen molar-refractivity contribution in [3.8, 4) is 0 Å². The largest absolute Gasteiger partial charge is 0.264 e. The van der Waals surface area contributed by atoms with Gasteiger partial charge in [0.25, 0.3) is 0 Å². The number of nitrogens with zero attached hydrogens (tertiary/aromatic N) is 2. The second-order valence-electron chi connectivity index (χ2n) is 5.84. The second-order valence-corrected chi connectivity index (χ2v) is 5.84. The molecule has 3 rings (SSSR count). The summed E-state index contributed by atoms with van der Waals surface area (Å²) >= 11 is 0. The van der Waals surface area contributed by atoms with E-state index in [0.717, 1.165) is 6.42 Å². The first kappa shape index (κ1) is 20.6. The lowest BCUT2D eigenvalue weighted by Crippen LogP contribution is -1.84.